The van der Waals surface area contributed by atoms with E-state index in [2.05, 4.69) is 24.1 Å². The van der Waals surface area contributed by atoms with E-state index in [4.69, 9.17) is 14.2 Å². The van der Waals surface area contributed by atoms with Gasteiger partial charge in [-0.05, 0) is 88.0 Å². The number of benzene rings is 2. The van der Waals surface area contributed by atoms with Crippen molar-refractivity contribution in [2.45, 2.75) is 83.9 Å². The molecule has 40 heavy (non-hydrogen) atoms. The van der Waals surface area contributed by atoms with E-state index in [1.54, 1.807) is 31.4 Å². The number of rotatable bonds is 13. The van der Waals surface area contributed by atoms with Gasteiger partial charge in [-0.3, -0.25) is 14.5 Å². The number of nitrogens with zero attached hydrogens (tertiary/aromatic N) is 1. The van der Waals surface area contributed by atoms with Crippen molar-refractivity contribution < 1.29 is 28.9 Å². The minimum Gasteiger partial charge on any atom is -0.497 e. The van der Waals surface area contributed by atoms with Gasteiger partial charge in [0.05, 0.1) is 13.2 Å². The number of carbonyl (C=O) groups is 2. The van der Waals surface area contributed by atoms with Gasteiger partial charge in [0.15, 0.2) is 17.3 Å². The topological polar surface area (TPSA) is 97.3 Å². The second kappa shape index (κ2) is 14.5. The molecule has 220 valence electrons. The van der Waals surface area contributed by atoms with E-state index < -0.39 is 12.1 Å². The fourth-order valence-electron chi connectivity index (χ4n) is 5.39. The predicted molar refractivity (Wildman–Crippen MR) is 156 cm³/mol. The normalized spacial score (nSPS) is 17.4. The van der Waals surface area contributed by atoms with Gasteiger partial charge in [0.2, 0.25) is 5.91 Å². The molecule has 8 nitrogen and oxygen atoms in total. The number of hydrogen-bond acceptors (Lipinski definition) is 7. The molecule has 0 bridgehead atoms. The average molecular weight is 555 g/mol. The summed E-state index contributed by atoms with van der Waals surface area (Å²) in [5.41, 5.74) is 1.39. The summed E-state index contributed by atoms with van der Waals surface area (Å²) in [6, 6.07) is 12.1. The van der Waals surface area contributed by atoms with E-state index in [9.17, 15) is 14.7 Å². The molecule has 0 aliphatic carbocycles. The van der Waals surface area contributed by atoms with Crippen LogP contribution in [0.4, 0.5) is 0 Å². The molecule has 0 radical (unpaired) electrons. The molecule has 0 aromatic heterocycles. The highest BCUT2D eigenvalue weighted by atomic mass is 16.6. The van der Waals surface area contributed by atoms with E-state index in [0.717, 1.165) is 38.0 Å². The molecule has 2 heterocycles. The number of aliphatic hydroxyl groups is 1. The van der Waals surface area contributed by atoms with E-state index in [1.807, 2.05) is 18.2 Å². The summed E-state index contributed by atoms with van der Waals surface area (Å²) in [6.45, 7) is 6.90. The Kier molecular flexibility index (Phi) is 11.4. The summed E-state index contributed by atoms with van der Waals surface area (Å²) in [4.78, 5) is 27.8. The summed E-state index contributed by atoms with van der Waals surface area (Å²) >= 11 is 0. The Morgan fingerprint density at radius 1 is 1.02 bits per heavy atom. The predicted octanol–water partition coefficient (Wildman–Crippen LogP) is 5.33. The molecule has 8 heteroatoms. The molecule has 2 atom stereocenters. The Balaban J connectivity index is 0.00000441. The molecular formula is C32H46N2O6. The summed E-state index contributed by atoms with van der Waals surface area (Å²) in [7, 11) is 1.60. The number of hydrogen-bond donors (Lipinski definition) is 2. The van der Waals surface area contributed by atoms with E-state index in [0.29, 0.717) is 61.6 Å². The lowest BCUT2D eigenvalue weighted by molar-refractivity contribution is -0.123. The summed E-state index contributed by atoms with van der Waals surface area (Å²) in [5, 5.41) is 14.5. The van der Waals surface area contributed by atoms with Crippen molar-refractivity contribution in [2.75, 3.05) is 33.4 Å². The van der Waals surface area contributed by atoms with Crippen LogP contribution >= 0.6 is 0 Å². The minimum atomic E-state index is -0.886. The second-order valence-corrected chi connectivity index (χ2v) is 11.1. The number of unbranched alkanes of at least 4 members (excludes halogenated alkanes) is 2. The Morgan fingerprint density at radius 3 is 2.40 bits per heavy atom. The molecule has 4 rings (SSSR count). The number of aliphatic hydroxyl groups excluding tert-OH is 1. The third-order valence-corrected chi connectivity index (χ3v) is 7.84. The minimum absolute atomic E-state index is 0. The largest absolute Gasteiger partial charge is 0.497 e. The highest BCUT2D eigenvalue weighted by Crippen LogP contribution is 2.35. The van der Waals surface area contributed by atoms with Crippen LogP contribution in [0.25, 0.3) is 0 Å². The maximum absolute atomic E-state index is 13.0. The number of Topliss-reactive ketones (excluding diaryl/α,β-unsaturated/α-hetero) is 1. The number of amides is 1. The van der Waals surface area contributed by atoms with E-state index in [1.165, 1.54) is 0 Å². The standard InChI is InChI=1S/C31H42N2O6.CH4/c1-31(2)16-7-17-33(31)21-25(30(36)23-12-15-27-28(20-23)39-19-18-38-27)32-29(35)9-6-4-5-8-26(34)22-10-13-24(37-3)14-11-22;/h10-15,20,25,30,36H,4-9,16-19,21H2,1-3H3,(H,32,35);1H4/t25-,30-;/m1./s1. The van der Waals surface area contributed by atoms with Gasteiger partial charge >= 0.3 is 0 Å². The van der Waals surface area contributed by atoms with Crippen LogP contribution in [0.15, 0.2) is 42.5 Å². The highest BCUT2D eigenvalue weighted by molar-refractivity contribution is 5.96. The fraction of sp³-hybridized carbons (Fsp3) is 0.562. The molecule has 0 unspecified atom stereocenters. The second-order valence-electron chi connectivity index (χ2n) is 11.1. The van der Waals surface area contributed by atoms with Gasteiger partial charge in [-0.2, -0.15) is 0 Å². The molecule has 1 amide bonds. The van der Waals surface area contributed by atoms with Gasteiger partial charge in [0.1, 0.15) is 25.1 Å². The number of nitrogens with one attached hydrogen (secondary N) is 1. The molecule has 0 spiro atoms. The van der Waals surface area contributed by atoms with Gasteiger partial charge in [0.25, 0.3) is 0 Å². The molecule has 1 saturated heterocycles. The molecule has 2 aromatic rings. The lowest BCUT2D eigenvalue weighted by Crippen LogP contribution is -2.51. The number of fused-ring (bicyclic) bond motifs is 1. The van der Waals surface area contributed by atoms with Crippen molar-refractivity contribution >= 4 is 11.7 Å². The Morgan fingerprint density at radius 2 is 1.73 bits per heavy atom. The fourth-order valence-corrected chi connectivity index (χ4v) is 5.39. The zero-order valence-corrected chi connectivity index (χ0v) is 23.4. The SMILES string of the molecule is C.COc1ccc(C(=O)CCCCCC(=O)N[C@H](CN2CCCC2(C)C)[C@H](O)c2ccc3c(c2)OCCO3)cc1. The van der Waals surface area contributed by atoms with Crippen LogP contribution in [0.1, 0.15) is 88.2 Å². The lowest BCUT2D eigenvalue weighted by Gasteiger charge is -2.36. The third-order valence-electron chi connectivity index (χ3n) is 7.84. The van der Waals surface area contributed by atoms with Crippen LogP contribution in [0.3, 0.4) is 0 Å². The molecule has 2 aliphatic heterocycles. The first-order valence-electron chi connectivity index (χ1n) is 14.1. The van der Waals surface area contributed by atoms with Gasteiger partial charge < -0.3 is 24.6 Å². The maximum atomic E-state index is 13.0. The average Bonchev–Trinajstić information content (AvgIpc) is 3.28. The highest BCUT2D eigenvalue weighted by Gasteiger charge is 2.36. The van der Waals surface area contributed by atoms with Crippen molar-refractivity contribution in [1.29, 1.82) is 0 Å². The first-order valence-corrected chi connectivity index (χ1v) is 14.1. The van der Waals surface area contributed by atoms with Crippen molar-refractivity contribution in [3.05, 3.63) is 53.6 Å². The van der Waals surface area contributed by atoms with Crippen LogP contribution in [-0.2, 0) is 4.79 Å². The van der Waals surface area contributed by atoms with Crippen molar-refractivity contribution in [1.82, 2.24) is 10.2 Å². The van der Waals surface area contributed by atoms with Crippen LogP contribution in [-0.4, -0.2) is 66.7 Å². The van der Waals surface area contributed by atoms with Crippen LogP contribution in [0.2, 0.25) is 0 Å². The van der Waals surface area contributed by atoms with Crippen LogP contribution < -0.4 is 19.5 Å². The third kappa shape index (κ3) is 8.21. The molecule has 0 saturated carbocycles. The number of ether oxygens (including phenoxy) is 3. The number of carbonyl (C=O) groups excluding carboxylic acids is 2. The monoisotopic (exact) mass is 554 g/mol. The first kappa shape index (κ1) is 31.4. The Hall–Kier alpha value is -3.10. The van der Waals surface area contributed by atoms with Crippen molar-refractivity contribution in [3.8, 4) is 17.2 Å². The first-order chi connectivity index (χ1) is 18.8. The quantitative estimate of drug-likeness (QED) is 0.255. The number of ketones is 1. The summed E-state index contributed by atoms with van der Waals surface area (Å²) in [6.07, 6.45) is 4.29. The maximum Gasteiger partial charge on any atom is 0.220 e. The molecular weight excluding hydrogens is 508 g/mol. The van der Waals surface area contributed by atoms with Crippen LogP contribution in [0, 0.1) is 0 Å². The molecule has 2 N–H and O–H groups in total. The van der Waals surface area contributed by atoms with Gasteiger partial charge in [-0.1, -0.05) is 19.9 Å². The zero-order chi connectivity index (χ0) is 27.8. The summed E-state index contributed by atoms with van der Waals surface area (Å²) < 4.78 is 16.5. The zero-order valence-electron chi connectivity index (χ0n) is 23.4. The Labute approximate surface area is 239 Å². The number of methoxy groups -OCH3 is 1. The van der Waals surface area contributed by atoms with Gasteiger partial charge in [-0.25, -0.2) is 0 Å². The smallest absolute Gasteiger partial charge is 0.220 e. The molecule has 2 aromatic carbocycles. The molecule has 2 aliphatic rings. The number of likely N-dealkylation sites (tertiary alicyclic amines) is 1. The molecule has 1 fully saturated rings. The van der Waals surface area contributed by atoms with E-state index >= 15 is 0 Å². The van der Waals surface area contributed by atoms with Crippen molar-refractivity contribution in [3.63, 3.8) is 0 Å². The lowest BCUT2D eigenvalue weighted by atomic mass is 9.97. The van der Waals surface area contributed by atoms with Crippen LogP contribution in [0.5, 0.6) is 17.2 Å². The van der Waals surface area contributed by atoms with E-state index in [-0.39, 0.29) is 24.7 Å². The summed E-state index contributed by atoms with van der Waals surface area (Å²) in [5.74, 6) is 2.02. The van der Waals surface area contributed by atoms with Crippen molar-refractivity contribution in [2.24, 2.45) is 0 Å². The van der Waals surface area contributed by atoms with Gasteiger partial charge in [0, 0.05) is 30.5 Å². The van der Waals surface area contributed by atoms with Gasteiger partial charge in [-0.15, -0.1) is 0 Å². The Bertz CT molecular complexity index is 1120.